The molecule has 1 aliphatic rings. The van der Waals surface area contributed by atoms with Gasteiger partial charge < -0.3 is 47.9 Å². The standard InChI is InChI=1S/C42H81N9O6/c1-43-25-13-4-7-22-37(52)46-28-16-10-19-34-31-40(55)50-36(21-12-18-30-48-39(54)24-9-6-15-27-45-3)33-42(57)51-35(32-41(56)49-34)20-11-17-29-47-38(53)23-8-5-14-26-44-2/h34-36,43-45H,4-33H2,1-3H3,(H,46,52)(H,47,53)(H,48,54)(H,49,56)(H,50,55)(H,51,57). The van der Waals surface area contributed by atoms with E-state index in [0.29, 0.717) is 58.2 Å². The summed E-state index contributed by atoms with van der Waals surface area (Å²) < 4.78 is 0. The van der Waals surface area contributed by atoms with Crippen molar-refractivity contribution in [2.45, 2.75) is 172 Å². The second-order valence-corrected chi connectivity index (χ2v) is 15.7. The van der Waals surface area contributed by atoms with Gasteiger partial charge in [-0.1, -0.05) is 19.3 Å². The van der Waals surface area contributed by atoms with Crippen LogP contribution in [0, 0.1) is 0 Å². The highest BCUT2D eigenvalue weighted by Gasteiger charge is 2.25. The predicted molar refractivity (Wildman–Crippen MR) is 227 cm³/mol. The molecule has 57 heavy (non-hydrogen) atoms. The molecular weight excluding hydrogens is 727 g/mol. The summed E-state index contributed by atoms with van der Waals surface area (Å²) in [5.41, 5.74) is 0. The van der Waals surface area contributed by atoms with Gasteiger partial charge in [0.25, 0.3) is 0 Å². The lowest BCUT2D eigenvalue weighted by Gasteiger charge is -2.26. The van der Waals surface area contributed by atoms with Crippen molar-refractivity contribution >= 4 is 35.4 Å². The SMILES string of the molecule is CNCCCCCC(=O)NCCCCC1CC(=O)NC(CCCCNC(=O)CCCCCNC)CC(=O)NC(CCCCNC(=O)CCCCCNC)CC(=O)N1. The van der Waals surface area contributed by atoms with Gasteiger partial charge in [-0.2, -0.15) is 0 Å². The van der Waals surface area contributed by atoms with E-state index in [1.54, 1.807) is 0 Å². The fourth-order valence-corrected chi connectivity index (χ4v) is 7.00. The molecular formula is C42H81N9O6. The molecule has 3 atom stereocenters. The molecule has 1 rings (SSSR count). The van der Waals surface area contributed by atoms with Gasteiger partial charge in [-0.25, -0.2) is 0 Å². The van der Waals surface area contributed by atoms with Crippen molar-refractivity contribution < 1.29 is 28.8 Å². The molecule has 1 heterocycles. The molecule has 0 bridgehead atoms. The van der Waals surface area contributed by atoms with Crippen LogP contribution in [0.3, 0.4) is 0 Å². The quantitative estimate of drug-likeness (QED) is 0.0446. The summed E-state index contributed by atoms with van der Waals surface area (Å²) in [5, 5.41) is 27.5. The van der Waals surface area contributed by atoms with E-state index in [-0.39, 0.29) is 72.8 Å². The topological polar surface area (TPSA) is 211 Å². The zero-order valence-corrected chi connectivity index (χ0v) is 35.9. The summed E-state index contributed by atoms with van der Waals surface area (Å²) in [6.45, 7) is 4.49. The molecule has 0 radical (unpaired) electrons. The van der Waals surface area contributed by atoms with Crippen molar-refractivity contribution in [2.24, 2.45) is 0 Å². The van der Waals surface area contributed by atoms with Gasteiger partial charge in [-0.05, 0) is 137 Å². The van der Waals surface area contributed by atoms with E-state index in [1.165, 1.54) is 0 Å². The zero-order valence-electron chi connectivity index (χ0n) is 35.9. The summed E-state index contributed by atoms with van der Waals surface area (Å²) in [6, 6.07) is -1.13. The molecule has 1 fully saturated rings. The Kier molecular flexibility index (Phi) is 32.5. The fraction of sp³-hybridized carbons (Fsp3) is 0.857. The Hall–Kier alpha value is -3.30. The molecule has 1 saturated heterocycles. The Bertz CT molecular complexity index is 955. The molecule has 6 amide bonds. The van der Waals surface area contributed by atoms with Crippen LogP contribution in [0.15, 0.2) is 0 Å². The Morgan fingerprint density at radius 1 is 0.404 bits per heavy atom. The van der Waals surface area contributed by atoms with Gasteiger partial charge in [0.1, 0.15) is 0 Å². The zero-order chi connectivity index (χ0) is 41.8. The minimum atomic E-state index is -0.376. The maximum Gasteiger partial charge on any atom is 0.222 e. The van der Waals surface area contributed by atoms with Crippen molar-refractivity contribution in [3.63, 3.8) is 0 Å². The van der Waals surface area contributed by atoms with Crippen molar-refractivity contribution in [3.8, 4) is 0 Å². The maximum absolute atomic E-state index is 13.3. The summed E-state index contributed by atoms with van der Waals surface area (Å²) in [6.07, 6.45) is 16.8. The number of rotatable bonds is 33. The first-order valence-corrected chi connectivity index (χ1v) is 22.3. The van der Waals surface area contributed by atoms with Gasteiger partial charge in [0, 0.05) is 76.3 Å². The number of unbranched alkanes of at least 4 members (excludes halogenated alkanes) is 9. The van der Waals surface area contributed by atoms with Crippen molar-refractivity contribution in [3.05, 3.63) is 0 Å². The van der Waals surface area contributed by atoms with E-state index in [2.05, 4.69) is 47.9 Å². The van der Waals surface area contributed by atoms with Gasteiger partial charge in [0.15, 0.2) is 0 Å². The van der Waals surface area contributed by atoms with Gasteiger partial charge in [-0.15, -0.1) is 0 Å². The van der Waals surface area contributed by atoms with Crippen LogP contribution in [-0.2, 0) is 28.8 Å². The molecule has 9 N–H and O–H groups in total. The highest BCUT2D eigenvalue weighted by molar-refractivity contribution is 5.83. The largest absolute Gasteiger partial charge is 0.356 e. The van der Waals surface area contributed by atoms with Crippen LogP contribution in [0.1, 0.15) is 154 Å². The van der Waals surface area contributed by atoms with Crippen LogP contribution in [-0.4, -0.2) is 114 Å². The minimum absolute atomic E-state index is 0.0496. The van der Waals surface area contributed by atoms with Gasteiger partial charge in [-0.3, -0.25) is 28.8 Å². The first-order chi connectivity index (χ1) is 27.7. The van der Waals surface area contributed by atoms with Crippen LogP contribution < -0.4 is 47.9 Å². The number of hydrogen-bond donors (Lipinski definition) is 9. The lowest BCUT2D eigenvalue weighted by atomic mass is 10.00. The monoisotopic (exact) mass is 808 g/mol. The molecule has 0 saturated carbocycles. The third-order valence-corrected chi connectivity index (χ3v) is 10.3. The Morgan fingerprint density at radius 2 is 0.667 bits per heavy atom. The Labute approximate surface area is 344 Å². The number of carbonyl (C=O) groups is 6. The average molecular weight is 808 g/mol. The summed E-state index contributed by atoms with van der Waals surface area (Å²) in [5.74, 6) is -0.495. The third kappa shape index (κ3) is 31.4. The highest BCUT2D eigenvalue weighted by atomic mass is 16.2. The molecule has 15 nitrogen and oxygen atoms in total. The summed E-state index contributed by atoms with van der Waals surface area (Å²) in [7, 11) is 5.77. The predicted octanol–water partition coefficient (Wildman–Crippen LogP) is 2.82. The van der Waals surface area contributed by atoms with Gasteiger partial charge in [0.05, 0.1) is 0 Å². The number of amides is 6. The maximum atomic E-state index is 13.3. The molecule has 0 spiro atoms. The van der Waals surface area contributed by atoms with Crippen LogP contribution in [0.4, 0.5) is 0 Å². The van der Waals surface area contributed by atoms with Crippen molar-refractivity contribution in [1.82, 2.24) is 47.9 Å². The molecule has 0 aliphatic carbocycles. The van der Waals surface area contributed by atoms with E-state index < -0.39 is 0 Å². The fourth-order valence-electron chi connectivity index (χ4n) is 7.00. The van der Waals surface area contributed by atoms with Crippen molar-refractivity contribution in [1.29, 1.82) is 0 Å². The third-order valence-electron chi connectivity index (χ3n) is 10.3. The number of hydrogen-bond acceptors (Lipinski definition) is 9. The smallest absolute Gasteiger partial charge is 0.222 e. The molecule has 15 heteroatoms. The molecule has 3 unspecified atom stereocenters. The van der Waals surface area contributed by atoms with Crippen LogP contribution in [0.25, 0.3) is 0 Å². The highest BCUT2D eigenvalue weighted by Crippen LogP contribution is 2.13. The Morgan fingerprint density at radius 3 is 0.930 bits per heavy atom. The van der Waals surface area contributed by atoms with E-state index in [0.717, 1.165) is 116 Å². The van der Waals surface area contributed by atoms with E-state index in [4.69, 9.17) is 0 Å². The average Bonchev–Trinajstić information content (AvgIpc) is 3.16. The second kappa shape index (κ2) is 35.8. The van der Waals surface area contributed by atoms with E-state index in [1.807, 2.05) is 21.1 Å². The van der Waals surface area contributed by atoms with E-state index in [9.17, 15) is 28.8 Å². The lowest BCUT2D eigenvalue weighted by Crippen LogP contribution is -2.48. The molecule has 1 aliphatic heterocycles. The summed E-state index contributed by atoms with van der Waals surface area (Å²) in [4.78, 5) is 76.6. The van der Waals surface area contributed by atoms with Crippen LogP contribution in [0.5, 0.6) is 0 Å². The normalized spacial score (nSPS) is 17.7. The van der Waals surface area contributed by atoms with Gasteiger partial charge >= 0.3 is 0 Å². The Balaban J connectivity index is 2.73. The van der Waals surface area contributed by atoms with Crippen LogP contribution >= 0.6 is 0 Å². The van der Waals surface area contributed by atoms with Crippen molar-refractivity contribution in [2.75, 3.05) is 60.4 Å². The minimum Gasteiger partial charge on any atom is -0.356 e. The number of nitrogens with one attached hydrogen (secondary N) is 9. The van der Waals surface area contributed by atoms with E-state index >= 15 is 0 Å². The molecule has 0 aromatic rings. The first kappa shape index (κ1) is 51.7. The molecule has 330 valence electrons. The molecule has 0 aromatic carbocycles. The summed E-state index contributed by atoms with van der Waals surface area (Å²) >= 11 is 0. The number of carbonyl (C=O) groups excluding carboxylic acids is 6. The first-order valence-electron chi connectivity index (χ1n) is 22.3. The second-order valence-electron chi connectivity index (χ2n) is 15.7. The van der Waals surface area contributed by atoms with Crippen LogP contribution in [0.2, 0.25) is 0 Å². The van der Waals surface area contributed by atoms with Gasteiger partial charge in [0.2, 0.25) is 35.4 Å². The molecule has 0 aromatic heterocycles. The lowest BCUT2D eigenvalue weighted by molar-refractivity contribution is -0.127.